The van der Waals surface area contributed by atoms with Crippen LogP contribution in [-0.2, 0) is 19.1 Å². The number of hydrogen-bond donors (Lipinski definition) is 0. The predicted octanol–water partition coefficient (Wildman–Crippen LogP) is 5.21. The molecule has 0 unspecified atom stereocenters. The summed E-state index contributed by atoms with van der Waals surface area (Å²) >= 11 is 0. The molecule has 4 aliphatic rings. The van der Waals surface area contributed by atoms with Crippen LogP contribution >= 0.6 is 0 Å². The maximum Gasteiger partial charge on any atom is 0.306 e. The third kappa shape index (κ3) is 2.61. The van der Waals surface area contributed by atoms with Gasteiger partial charge < -0.3 is 4.74 Å². The van der Waals surface area contributed by atoms with Gasteiger partial charge in [0.15, 0.2) is 17.2 Å². The smallest absolute Gasteiger partial charge is 0.306 e. The Bertz CT molecular complexity index is 866. The highest BCUT2D eigenvalue weighted by Gasteiger charge is 2.69. The molecule has 0 aromatic rings. The molecule has 0 aliphatic heterocycles. The van der Waals surface area contributed by atoms with Gasteiger partial charge in [-0.05, 0) is 56.4 Å². The highest BCUT2D eigenvalue weighted by molar-refractivity contribution is 5.92. The maximum absolute atomic E-state index is 13.1. The van der Waals surface area contributed by atoms with E-state index in [9.17, 15) is 14.4 Å². The summed E-state index contributed by atoms with van der Waals surface area (Å²) in [6.07, 6.45) is 8.69. The monoisotopic (exact) mass is 412 g/mol. The molecule has 4 rings (SSSR count). The molecule has 2 fully saturated rings. The summed E-state index contributed by atoms with van der Waals surface area (Å²) in [4.78, 5) is 37.7. The first kappa shape index (κ1) is 21.5. The van der Waals surface area contributed by atoms with Crippen LogP contribution in [0.1, 0.15) is 80.1 Å². The molecule has 0 spiro atoms. The van der Waals surface area contributed by atoms with Crippen molar-refractivity contribution in [2.75, 3.05) is 0 Å². The van der Waals surface area contributed by atoms with E-state index in [1.807, 2.05) is 6.08 Å². The predicted molar refractivity (Wildman–Crippen MR) is 116 cm³/mol. The molecule has 2 saturated carbocycles. The van der Waals surface area contributed by atoms with Gasteiger partial charge in [0, 0.05) is 29.6 Å². The van der Waals surface area contributed by atoms with Crippen LogP contribution in [0.5, 0.6) is 0 Å². The molecule has 4 nitrogen and oxygen atoms in total. The van der Waals surface area contributed by atoms with Gasteiger partial charge in [-0.2, -0.15) is 0 Å². The van der Waals surface area contributed by atoms with E-state index in [2.05, 4.69) is 33.8 Å². The fourth-order valence-electron chi connectivity index (χ4n) is 7.89. The van der Waals surface area contributed by atoms with Crippen molar-refractivity contribution in [3.8, 4) is 0 Å². The molecule has 164 valence electrons. The number of ether oxygens (including phenoxy) is 1. The summed E-state index contributed by atoms with van der Waals surface area (Å²) in [7, 11) is 0. The van der Waals surface area contributed by atoms with E-state index in [0.717, 1.165) is 25.7 Å². The van der Waals surface area contributed by atoms with Crippen LogP contribution < -0.4 is 0 Å². The van der Waals surface area contributed by atoms with Crippen LogP contribution in [-0.4, -0.2) is 23.1 Å². The molecule has 7 atom stereocenters. The Balaban J connectivity index is 1.82. The zero-order valence-corrected chi connectivity index (χ0v) is 19.3. The zero-order valence-electron chi connectivity index (χ0n) is 19.3. The van der Waals surface area contributed by atoms with Crippen LogP contribution in [0.25, 0.3) is 0 Å². The summed E-state index contributed by atoms with van der Waals surface area (Å²) in [6, 6.07) is 0. The van der Waals surface area contributed by atoms with Crippen LogP contribution in [0.2, 0.25) is 0 Å². The Kier molecular flexibility index (Phi) is 4.95. The molecule has 0 aromatic carbocycles. The van der Waals surface area contributed by atoms with Crippen molar-refractivity contribution in [2.24, 2.45) is 34.5 Å². The largest absolute Gasteiger partial charge is 0.450 e. The van der Waals surface area contributed by atoms with Gasteiger partial charge in [0.1, 0.15) is 0 Å². The van der Waals surface area contributed by atoms with Gasteiger partial charge in [0.2, 0.25) is 0 Å². The summed E-state index contributed by atoms with van der Waals surface area (Å²) < 4.78 is 6.07. The summed E-state index contributed by atoms with van der Waals surface area (Å²) in [5, 5.41) is 0. The van der Waals surface area contributed by atoms with E-state index in [-0.39, 0.29) is 40.7 Å². The fourth-order valence-corrected chi connectivity index (χ4v) is 7.89. The van der Waals surface area contributed by atoms with Gasteiger partial charge in [-0.1, -0.05) is 51.8 Å². The minimum absolute atomic E-state index is 0.00114. The Morgan fingerprint density at radius 3 is 2.50 bits per heavy atom. The second-order valence-electron chi connectivity index (χ2n) is 10.8. The Hall–Kier alpha value is -1.71. The lowest BCUT2D eigenvalue weighted by Crippen LogP contribution is -2.58. The molecule has 4 heteroatoms. The Labute approximate surface area is 180 Å². The number of esters is 1. The first-order valence-corrected chi connectivity index (χ1v) is 11.7. The van der Waals surface area contributed by atoms with Gasteiger partial charge in [0.25, 0.3) is 0 Å². The van der Waals surface area contributed by atoms with E-state index in [1.54, 1.807) is 13.8 Å². The van der Waals surface area contributed by atoms with Crippen molar-refractivity contribution >= 4 is 17.5 Å². The average Bonchev–Trinajstić information content (AvgIpc) is 2.91. The second-order valence-corrected chi connectivity index (χ2v) is 10.8. The van der Waals surface area contributed by atoms with Crippen molar-refractivity contribution < 1.29 is 19.1 Å². The van der Waals surface area contributed by atoms with Gasteiger partial charge in [-0.3, -0.25) is 14.4 Å². The third-order valence-corrected chi connectivity index (χ3v) is 9.29. The SMILES string of the molecule is CCC(=O)O[C@]1(C(C)=O)[C@@H](C)C[C@H]2[C@@H]3C[C@H](C)C4=CC(=O)CC[C@]4(C)C3=CC[C@@]21C. The average molecular weight is 413 g/mol. The first-order chi connectivity index (χ1) is 14.0. The van der Waals surface area contributed by atoms with Gasteiger partial charge in [0.05, 0.1) is 0 Å². The number of rotatable bonds is 3. The molecule has 4 aliphatic carbocycles. The lowest BCUT2D eigenvalue weighted by molar-refractivity contribution is -0.187. The minimum Gasteiger partial charge on any atom is -0.450 e. The van der Waals surface area contributed by atoms with Gasteiger partial charge >= 0.3 is 5.97 Å². The van der Waals surface area contributed by atoms with Gasteiger partial charge in [-0.25, -0.2) is 0 Å². The molecule has 30 heavy (non-hydrogen) atoms. The summed E-state index contributed by atoms with van der Waals surface area (Å²) in [5.74, 6) is 0.986. The molecular weight excluding hydrogens is 376 g/mol. The van der Waals surface area contributed by atoms with Crippen molar-refractivity contribution in [3.05, 3.63) is 23.3 Å². The van der Waals surface area contributed by atoms with E-state index in [4.69, 9.17) is 4.74 Å². The third-order valence-electron chi connectivity index (χ3n) is 9.29. The van der Waals surface area contributed by atoms with E-state index >= 15 is 0 Å². The lowest BCUT2D eigenvalue weighted by atomic mass is 9.48. The highest BCUT2D eigenvalue weighted by Crippen LogP contribution is 2.68. The van der Waals surface area contributed by atoms with Gasteiger partial charge in [-0.15, -0.1) is 0 Å². The minimum atomic E-state index is -1.05. The number of carbonyl (C=O) groups excluding carboxylic acids is 3. The number of carbonyl (C=O) groups is 3. The van der Waals surface area contributed by atoms with Crippen LogP contribution in [0.4, 0.5) is 0 Å². The number of hydrogen-bond acceptors (Lipinski definition) is 4. The topological polar surface area (TPSA) is 60.4 Å². The maximum atomic E-state index is 13.1. The molecule has 0 N–H and O–H groups in total. The number of fused-ring (bicyclic) bond motifs is 5. The number of Topliss-reactive ketones (excluding diaryl/α,β-unsaturated/α-hetero) is 1. The highest BCUT2D eigenvalue weighted by atomic mass is 16.6. The quantitative estimate of drug-likeness (QED) is 0.471. The lowest BCUT2D eigenvalue weighted by Gasteiger charge is -2.56. The van der Waals surface area contributed by atoms with Crippen LogP contribution in [0.3, 0.4) is 0 Å². The normalized spacial score (nSPS) is 44.9. The first-order valence-electron chi connectivity index (χ1n) is 11.7. The van der Waals surface area contributed by atoms with Crippen molar-refractivity contribution in [2.45, 2.75) is 85.7 Å². The Morgan fingerprint density at radius 2 is 1.87 bits per heavy atom. The molecule has 0 heterocycles. The van der Waals surface area contributed by atoms with Crippen molar-refractivity contribution in [1.29, 1.82) is 0 Å². The zero-order chi connectivity index (χ0) is 22.1. The van der Waals surface area contributed by atoms with E-state index < -0.39 is 5.60 Å². The molecular formula is C26H36O4. The molecule has 0 bridgehead atoms. The van der Waals surface area contributed by atoms with Crippen LogP contribution in [0.15, 0.2) is 23.3 Å². The second kappa shape index (κ2) is 6.90. The van der Waals surface area contributed by atoms with Crippen LogP contribution in [0, 0.1) is 34.5 Å². The molecule has 0 amide bonds. The standard InChI is InChI=1S/C26H36O4/c1-7-23(29)30-26(17(4)27)16(3)13-22-19-12-15(2)21-14-18(28)8-10-24(21,5)20(19)9-11-25(22,26)6/h9,14-16,19,22H,7-8,10-13H2,1-6H3/t15-,16-,19+,22-,24+,25-,26-/m0/s1. The molecule has 0 saturated heterocycles. The number of allylic oxidation sites excluding steroid dienone is 4. The number of ketones is 2. The molecule has 0 aromatic heterocycles. The summed E-state index contributed by atoms with van der Waals surface area (Å²) in [5.41, 5.74) is 1.28. The van der Waals surface area contributed by atoms with Crippen molar-refractivity contribution in [1.82, 2.24) is 0 Å². The molecule has 0 radical (unpaired) electrons. The Morgan fingerprint density at radius 1 is 1.17 bits per heavy atom. The summed E-state index contributed by atoms with van der Waals surface area (Å²) in [6.45, 7) is 12.2. The fraction of sp³-hybridized carbons (Fsp3) is 0.731. The van der Waals surface area contributed by atoms with Crippen molar-refractivity contribution in [3.63, 3.8) is 0 Å². The van der Waals surface area contributed by atoms with E-state index in [0.29, 0.717) is 24.2 Å². The van der Waals surface area contributed by atoms with E-state index in [1.165, 1.54) is 11.1 Å².